The van der Waals surface area contributed by atoms with E-state index in [0.717, 1.165) is 73.6 Å². The van der Waals surface area contributed by atoms with E-state index in [1.54, 1.807) is 0 Å². The predicted octanol–water partition coefficient (Wildman–Crippen LogP) is 6.28. The Kier molecular flexibility index (Phi) is 8.18. The van der Waals surface area contributed by atoms with Gasteiger partial charge in [0.25, 0.3) is 5.91 Å². The van der Waals surface area contributed by atoms with Crippen molar-refractivity contribution in [2.45, 2.75) is 45.6 Å². The standard InChI is InChI=1S/C32H40N4O2/c1-4-35(3)18-7-8-20-38-31-22-26(11-13-27(31)24-12-14-28-25(21-24)15-17-33-28)32(37)36-19-16-23(2)34-29-9-5-6-10-30(29)36/h5-6,9-14,21-23,33-34H,4,7-8,15-20H2,1-3H3/t23-/m0/s1. The molecule has 38 heavy (non-hydrogen) atoms. The summed E-state index contributed by atoms with van der Waals surface area (Å²) in [7, 11) is 2.15. The van der Waals surface area contributed by atoms with Crippen molar-refractivity contribution >= 4 is 23.0 Å². The predicted molar refractivity (Wildman–Crippen MR) is 158 cm³/mol. The van der Waals surface area contributed by atoms with Gasteiger partial charge in [-0.3, -0.25) is 4.79 Å². The summed E-state index contributed by atoms with van der Waals surface area (Å²) in [5.74, 6) is 0.785. The third kappa shape index (κ3) is 5.81. The Labute approximate surface area is 227 Å². The summed E-state index contributed by atoms with van der Waals surface area (Å²) in [6.07, 6.45) is 3.97. The highest BCUT2D eigenvalue weighted by molar-refractivity contribution is 6.08. The highest BCUT2D eigenvalue weighted by Crippen LogP contribution is 2.36. The number of carbonyl (C=O) groups excluding carboxylic acids is 1. The molecule has 2 heterocycles. The first-order valence-corrected chi connectivity index (χ1v) is 14.0. The van der Waals surface area contributed by atoms with E-state index in [1.807, 2.05) is 41.3 Å². The first-order chi connectivity index (χ1) is 18.5. The van der Waals surface area contributed by atoms with Crippen LogP contribution in [-0.2, 0) is 6.42 Å². The van der Waals surface area contributed by atoms with E-state index >= 15 is 0 Å². The molecule has 5 rings (SSSR count). The van der Waals surface area contributed by atoms with Crippen LogP contribution in [0.2, 0.25) is 0 Å². The molecule has 0 saturated heterocycles. The number of fused-ring (bicyclic) bond motifs is 2. The smallest absolute Gasteiger partial charge is 0.258 e. The van der Waals surface area contributed by atoms with Gasteiger partial charge in [0.1, 0.15) is 5.75 Å². The van der Waals surface area contributed by atoms with Crippen molar-refractivity contribution in [2.24, 2.45) is 0 Å². The number of para-hydroxylation sites is 2. The number of hydrogen-bond acceptors (Lipinski definition) is 5. The molecule has 2 N–H and O–H groups in total. The summed E-state index contributed by atoms with van der Waals surface area (Å²) in [6, 6.07) is 20.9. The molecule has 0 unspecified atom stereocenters. The fourth-order valence-corrected chi connectivity index (χ4v) is 5.29. The van der Waals surface area contributed by atoms with Crippen LogP contribution in [0.3, 0.4) is 0 Å². The molecule has 200 valence electrons. The number of benzene rings is 3. The van der Waals surface area contributed by atoms with E-state index in [2.05, 4.69) is 60.7 Å². The lowest BCUT2D eigenvalue weighted by atomic mass is 9.99. The molecule has 3 aromatic carbocycles. The third-order valence-corrected chi connectivity index (χ3v) is 7.71. The highest BCUT2D eigenvalue weighted by atomic mass is 16.5. The van der Waals surface area contributed by atoms with Crippen molar-refractivity contribution in [1.82, 2.24) is 4.90 Å². The highest BCUT2D eigenvalue weighted by Gasteiger charge is 2.25. The Bertz CT molecular complexity index is 1270. The molecule has 1 amide bonds. The Morgan fingerprint density at radius 3 is 2.82 bits per heavy atom. The van der Waals surface area contributed by atoms with Crippen LogP contribution < -0.4 is 20.3 Å². The van der Waals surface area contributed by atoms with Gasteiger partial charge in [0.2, 0.25) is 0 Å². The minimum Gasteiger partial charge on any atom is -0.493 e. The van der Waals surface area contributed by atoms with E-state index in [9.17, 15) is 4.79 Å². The molecular formula is C32H40N4O2. The Balaban J connectivity index is 1.42. The first kappa shape index (κ1) is 26.1. The molecule has 6 nitrogen and oxygen atoms in total. The van der Waals surface area contributed by atoms with Crippen LogP contribution in [-0.4, -0.2) is 56.7 Å². The van der Waals surface area contributed by atoms with Crippen LogP contribution in [0.4, 0.5) is 17.1 Å². The second kappa shape index (κ2) is 11.9. The van der Waals surface area contributed by atoms with Crippen molar-refractivity contribution in [3.63, 3.8) is 0 Å². The van der Waals surface area contributed by atoms with Crippen molar-refractivity contribution < 1.29 is 9.53 Å². The molecule has 0 fully saturated rings. The Morgan fingerprint density at radius 2 is 1.95 bits per heavy atom. The normalized spacial score (nSPS) is 16.3. The second-order valence-corrected chi connectivity index (χ2v) is 10.5. The van der Waals surface area contributed by atoms with Gasteiger partial charge >= 0.3 is 0 Å². The summed E-state index contributed by atoms with van der Waals surface area (Å²) < 4.78 is 6.40. The zero-order valence-electron chi connectivity index (χ0n) is 22.9. The molecule has 0 aromatic heterocycles. The van der Waals surface area contributed by atoms with E-state index < -0.39 is 0 Å². The molecule has 0 spiro atoms. The topological polar surface area (TPSA) is 56.8 Å². The third-order valence-electron chi connectivity index (χ3n) is 7.71. The van der Waals surface area contributed by atoms with E-state index in [4.69, 9.17) is 4.74 Å². The number of nitrogens with one attached hydrogen (secondary N) is 2. The van der Waals surface area contributed by atoms with Crippen molar-refractivity contribution in [3.05, 3.63) is 71.8 Å². The largest absolute Gasteiger partial charge is 0.493 e. The minimum absolute atomic E-state index is 0.00692. The number of amides is 1. The maximum Gasteiger partial charge on any atom is 0.258 e. The number of rotatable bonds is 9. The van der Waals surface area contributed by atoms with Gasteiger partial charge in [0.15, 0.2) is 0 Å². The maximum atomic E-state index is 13.9. The summed E-state index contributed by atoms with van der Waals surface area (Å²) in [5, 5.41) is 6.99. The monoisotopic (exact) mass is 512 g/mol. The lowest BCUT2D eigenvalue weighted by Crippen LogP contribution is -2.32. The summed E-state index contributed by atoms with van der Waals surface area (Å²) >= 11 is 0. The number of unbranched alkanes of at least 4 members (excludes halogenated alkanes) is 1. The van der Waals surface area contributed by atoms with Crippen LogP contribution >= 0.6 is 0 Å². The van der Waals surface area contributed by atoms with Crippen LogP contribution in [0.1, 0.15) is 49.0 Å². The number of nitrogens with zero attached hydrogens (tertiary/aromatic N) is 2. The van der Waals surface area contributed by atoms with Crippen LogP contribution in [0, 0.1) is 0 Å². The van der Waals surface area contributed by atoms with Crippen LogP contribution in [0.5, 0.6) is 5.75 Å². The van der Waals surface area contributed by atoms with E-state index in [0.29, 0.717) is 24.8 Å². The Hall–Kier alpha value is -3.51. The van der Waals surface area contributed by atoms with E-state index in [1.165, 1.54) is 11.3 Å². The average Bonchev–Trinajstić information content (AvgIpc) is 3.34. The number of anilines is 3. The molecule has 0 bridgehead atoms. The molecule has 3 aromatic rings. The minimum atomic E-state index is 0.00692. The lowest BCUT2D eigenvalue weighted by Gasteiger charge is -2.23. The van der Waals surface area contributed by atoms with Crippen molar-refractivity contribution in [1.29, 1.82) is 0 Å². The van der Waals surface area contributed by atoms with Crippen LogP contribution in [0.25, 0.3) is 11.1 Å². The van der Waals surface area contributed by atoms with Gasteiger partial charge < -0.3 is 25.2 Å². The molecular weight excluding hydrogens is 472 g/mol. The fraction of sp³-hybridized carbons (Fsp3) is 0.406. The molecule has 0 saturated carbocycles. The van der Waals surface area contributed by atoms with Crippen molar-refractivity contribution in [3.8, 4) is 16.9 Å². The Morgan fingerprint density at radius 1 is 1.08 bits per heavy atom. The van der Waals surface area contributed by atoms with E-state index in [-0.39, 0.29) is 5.91 Å². The zero-order valence-corrected chi connectivity index (χ0v) is 22.9. The van der Waals surface area contributed by atoms with Gasteiger partial charge in [-0.25, -0.2) is 0 Å². The number of ether oxygens (including phenoxy) is 1. The lowest BCUT2D eigenvalue weighted by molar-refractivity contribution is 0.0986. The van der Waals surface area contributed by atoms with Gasteiger partial charge in [-0.1, -0.05) is 25.1 Å². The fourth-order valence-electron chi connectivity index (χ4n) is 5.29. The van der Waals surface area contributed by atoms with Gasteiger partial charge in [0, 0.05) is 35.9 Å². The van der Waals surface area contributed by atoms with Gasteiger partial charge in [0.05, 0.1) is 18.0 Å². The molecule has 6 heteroatoms. The van der Waals surface area contributed by atoms with Gasteiger partial charge in [-0.05, 0) is 106 Å². The summed E-state index contributed by atoms with van der Waals surface area (Å²) in [5.41, 5.74) is 7.30. The first-order valence-electron chi connectivity index (χ1n) is 14.0. The average molecular weight is 513 g/mol. The van der Waals surface area contributed by atoms with Gasteiger partial charge in [-0.15, -0.1) is 0 Å². The number of hydrogen-bond donors (Lipinski definition) is 2. The SMILES string of the molecule is CCN(C)CCCCOc1cc(C(=O)N2CC[C@H](C)Nc3ccccc32)ccc1-c1ccc2c(c1)CCN2. The second-order valence-electron chi connectivity index (χ2n) is 10.5. The number of carbonyl (C=O) groups is 1. The molecule has 0 radical (unpaired) electrons. The zero-order chi connectivity index (χ0) is 26.5. The molecule has 2 aliphatic heterocycles. The summed E-state index contributed by atoms with van der Waals surface area (Å²) in [4.78, 5) is 18.1. The molecule has 0 aliphatic carbocycles. The van der Waals surface area contributed by atoms with Crippen molar-refractivity contribution in [2.75, 3.05) is 55.4 Å². The maximum absolute atomic E-state index is 13.9. The summed E-state index contributed by atoms with van der Waals surface area (Å²) in [6.45, 7) is 8.73. The molecule has 2 aliphatic rings. The molecule has 1 atom stereocenters. The quantitative estimate of drug-likeness (QED) is 0.330. The van der Waals surface area contributed by atoms with Gasteiger partial charge in [-0.2, -0.15) is 0 Å². The van der Waals surface area contributed by atoms with Crippen LogP contribution in [0.15, 0.2) is 60.7 Å².